The summed E-state index contributed by atoms with van der Waals surface area (Å²) in [5, 5.41) is 0.687. The molecule has 3 aromatic rings. The monoisotopic (exact) mass is 462 g/mol. The topological polar surface area (TPSA) is 41.4 Å². The van der Waals surface area contributed by atoms with E-state index in [0.29, 0.717) is 11.6 Å². The highest BCUT2D eigenvalue weighted by Crippen LogP contribution is 2.37. The lowest BCUT2D eigenvalue weighted by molar-refractivity contribution is -0.131. The average molecular weight is 463 g/mol. The molecule has 0 saturated carbocycles. The van der Waals surface area contributed by atoms with Crippen molar-refractivity contribution in [2.75, 3.05) is 26.7 Å². The van der Waals surface area contributed by atoms with Crippen LogP contribution in [0.5, 0.6) is 0 Å². The SMILES string of the molecule is CN1C(=O)[C@H](CN2CCCCC2)C[C@@H]1c1nc(-c2ccccc2Cl)cn1Cc1ccccc1. The first kappa shape index (κ1) is 22.2. The quantitative estimate of drug-likeness (QED) is 0.502. The molecule has 2 fully saturated rings. The minimum Gasteiger partial charge on any atom is -0.335 e. The summed E-state index contributed by atoms with van der Waals surface area (Å²) in [4.78, 5) is 22.6. The molecule has 0 N–H and O–H groups in total. The van der Waals surface area contributed by atoms with E-state index in [1.54, 1.807) is 0 Å². The van der Waals surface area contributed by atoms with Crippen molar-refractivity contribution in [3.63, 3.8) is 0 Å². The normalized spacial score (nSPS) is 21.6. The predicted octanol–water partition coefficient (Wildman–Crippen LogP) is 5.26. The van der Waals surface area contributed by atoms with Crippen LogP contribution in [0.4, 0.5) is 0 Å². The molecule has 2 saturated heterocycles. The van der Waals surface area contributed by atoms with Gasteiger partial charge < -0.3 is 14.4 Å². The second-order valence-corrected chi connectivity index (χ2v) is 9.74. The second kappa shape index (κ2) is 9.70. The number of piperidine rings is 1. The molecule has 172 valence electrons. The van der Waals surface area contributed by atoms with E-state index in [0.717, 1.165) is 43.1 Å². The molecule has 2 aliphatic heterocycles. The van der Waals surface area contributed by atoms with E-state index < -0.39 is 0 Å². The summed E-state index contributed by atoms with van der Waals surface area (Å²) in [5.41, 5.74) is 2.98. The number of benzene rings is 2. The van der Waals surface area contributed by atoms with Crippen LogP contribution in [0.15, 0.2) is 60.8 Å². The van der Waals surface area contributed by atoms with Gasteiger partial charge in [-0.1, -0.05) is 66.6 Å². The Morgan fingerprint density at radius 2 is 1.73 bits per heavy atom. The van der Waals surface area contributed by atoms with Crippen molar-refractivity contribution in [2.45, 2.75) is 38.3 Å². The zero-order valence-corrected chi connectivity index (χ0v) is 19.9. The number of halogens is 1. The van der Waals surface area contributed by atoms with Gasteiger partial charge in [0.1, 0.15) is 5.82 Å². The number of imidazole rings is 1. The summed E-state index contributed by atoms with van der Waals surface area (Å²) in [6, 6.07) is 18.2. The fraction of sp³-hybridized carbons (Fsp3) is 0.407. The van der Waals surface area contributed by atoms with Gasteiger partial charge in [-0.05, 0) is 44.0 Å². The van der Waals surface area contributed by atoms with E-state index in [1.807, 2.05) is 42.3 Å². The number of carbonyl (C=O) groups excluding carboxylic acids is 1. The molecule has 2 atom stereocenters. The minimum absolute atomic E-state index is 0.0312. The molecule has 0 bridgehead atoms. The summed E-state index contributed by atoms with van der Waals surface area (Å²) in [7, 11) is 1.93. The van der Waals surface area contributed by atoms with E-state index in [1.165, 1.54) is 24.8 Å². The van der Waals surface area contributed by atoms with Crippen LogP contribution in [-0.4, -0.2) is 51.9 Å². The number of aromatic nitrogens is 2. The summed E-state index contributed by atoms with van der Waals surface area (Å²) in [6.45, 7) is 3.79. The number of nitrogens with zero attached hydrogens (tertiary/aromatic N) is 4. The Morgan fingerprint density at radius 3 is 2.48 bits per heavy atom. The zero-order chi connectivity index (χ0) is 22.8. The molecule has 1 aromatic heterocycles. The Labute approximate surface area is 201 Å². The van der Waals surface area contributed by atoms with Crippen molar-refractivity contribution in [1.82, 2.24) is 19.4 Å². The first-order valence-electron chi connectivity index (χ1n) is 11.9. The van der Waals surface area contributed by atoms with Crippen LogP contribution in [0.3, 0.4) is 0 Å². The number of amides is 1. The highest BCUT2D eigenvalue weighted by atomic mass is 35.5. The van der Waals surface area contributed by atoms with Crippen molar-refractivity contribution >= 4 is 17.5 Å². The average Bonchev–Trinajstić information content (AvgIpc) is 3.36. The molecular weight excluding hydrogens is 432 g/mol. The number of hydrogen-bond donors (Lipinski definition) is 0. The predicted molar refractivity (Wildman–Crippen MR) is 132 cm³/mol. The molecule has 0 radical (unpaired) electrons. The molecular formula is C27H31ClN4O. The number of rotatable bonds is 6. The summed E-state index contributed by atoms with van der Waals surface area (Å²) < 4.78 is 2.20. The lowest BCUT2D eigenvalue weighted by atomic mass is 10.0. The Balaban J connectivity index is 1.46. The lowest BCUT2D eigenvalue weighted by Gasteiger charge is -2.28. The van der Waals surface area contributed by atoms with Gasteiger partial charge in [0.2, 0.25) is 5.91 Å². The van der Waals surface area contributed by atoms with Gasteiger partial charge in [0.05, 0.1) is 22.7 Å². The summed E-state index contributed by atoms with van der Waals surface area (Å²) >= 11 is 6.50. The third-order valence-corrected chi connectivity index (χ3v) is 7.38. The molecule has 0 spiro atoms. The molecule has 1 amide bonds. The van der Waals surface area contributed by atoms with Gasteiger partial charge in [0, 0.05) is 31.9 Å². The fourth-order valence-corrected chi connectivity index (χ4v) is 5.49. The van der Waals surface area contributed by atoms with E-state index in [2.05, 4.69) is 39.9 Å². The molecule has 2 aliphatic rings. The molecule has 33 heavy (non-hydrogen) atoms. The largest absolute Gasteiger partial charge is 0.335 e. The number of likely N-dealkylation sites (tertiary alicyclic amines) is 2. The molecule has 2 aromatic carbocycles. The smallest absolute Gasteiger partial charge is 0.227 e. The summed E-state index contributed by atoms with van der Waals surface area (Å²) in [6.07, 6.45) is 6.67. The molecule has 0 aliphatic carbocycles. The van der Waals surface area contributed by atoms with Gasteiger partial charge in [-0.3, -0.25) is 4.79 Å². The third kappa shape index (κ3) is 4.71. The first-order valence-corrected chi connectivity index (χ1v) is 12.3. The van der Waals surface area contributed by atoms with Crippen molar-refractivity contribution < 1.29 is 4.79 Å². The van der Waals surface area contributed by atoms with Crippen molar-refractivity contribution in [1.29, 1.82) is 0 Å². The molecule has 6 heteroatoms. The van der Waals surface area contributed by atoms with Crippen LogP contribution < -0.4 is 0 Å². The lowest BCUT2D eigenvalue weighted by Crippen LogP contribution is -2.37. The maximum Gasteiger partial charge on any atom is 0.227 e. The van der Waals surface area contributed by atoms with Gasteiger partial charge in [-0.2, -0.15) is 0 Å². The Hall–Kier alpha value is -2.63. The van der Waals surface area contributed by atoms with E-state index in [-0.39, 0.29) is 17.9 Å². The van der Waals surface area contributed by atoms with Gasteiger partial charge in [0.25, 0.3) is 0 Å². The standard InChI is InChI=1S/C27H31ClN4O/c1-30-25(16-21(27(30)33)18-31-14-8-3-9-15-31)26-29-24(22-12-6-7-13-23(22)28)19-32(26)17-20-10-4-2-5-11-20/h2,4-7,10-13,19,21,25H,3,8-9,14-18H2,1H3/t21-,25+/m0/s1. The highest BCUT2D eigenvalue weighted by molar-refractivity contribution is 6.33. The third-order valence-electron chi connectivity index (χ3n) is 7.05. The van der Waals surface area contributed by atoms with Crippen LogP contribution in [-0.2, 0) is 11.3 Å². The zero-order valence-electron chi connectivity index (χ0n) is 19.2. The molecule has 5 nitrogen and oxygen atoms in total. The van der Waals surface area contributed by atoms with Crippen molar-refractivity contribution in [2.24, 2.45) is 5.92 Å². The molecule has 0 unspecified atom stereocenters. The fourth-order valence-electron chi connectivity index (χ4n) is 5.26. The van der Waals surface area contributed by atoms with E-state index >= 15 is 0 Å². The van der Waals surface area contributed by atoms with Crippen molar-refractivity contribution in [3.05, 3.63) is 77.2 Å². The molecule has 3 heterocycles. The van der Waals surface area contributed by atoms with E-state index in [4.69, 9.17) is 16.6 Å². The summed E-state index contributed by atoms with van der Waals surface area (Å²) in [5.74, 6) is 1.20. The maximum atomic E-state index is 13.2. The first-order chi connectivity index (χ1) is 16.1. The van der Waals surface area contributed by atoms with Crippen LogP contribution in [0.2, 0.25) is 5.02 Å². The van der Waals surface area contributed by atoms with Gasteiger partial charge >= 0.3 is 0 Å². The maximum absolute atomic E-state index is 13.2. The van der Waals surface area contributed by atoms with Crippen LogP contribution in [0.25, 0.3) is 11.3 Å². The number of hydrogen-bond acceptors (Lipinski definition) is 3. The Bertz CT molecular complexity index is 1110. The van der Waals surface area contributed by atoms with Gasteiger partial charge in [-0.15, -0.1) is 0 Å². The second-order valence-electron chi connectivity index (χ2n) is 9.34. The van der Waals surface area contributed by atoms with E-state index in [9.17, 15) is 4.79 Å². The molecule has 5 rings (SSSR count). The van der Waals surface area contributed by atoms with Crippen molar-refractivity contribution in [3.8, 4) is 11.3 Å². The van der Waals surface area contributed by atoms with Gasteiger partial charge in [0.15, 0.2) is 0 Å². The Kier molecular flexibility index (Phi) is 6.52. The van der Waals surface area contributed by atoms with Crippen LogP contribution in [0, 0.1) is 5.92 Å². The highest BCUT2D eigenvalue weighted by Gasteiger charge is 2.41. The van der Waals surface area contributed by atoms with Gasteiger partial charge in [-0.25, -0.2) is 4.98 Å². The van der Waals surface area contributed by atoms with Crippen LogP contribution in [0.1, 0.15) is 43.1 Å². The van der Waals surface area contributed by atoms with Crippen LogP contribution >= 0.6 is 11.6 Å². The number of carbonyl (C=O) groups is 1. The Morgan fingerprint density at radius 1 is 1.00 bits per heavy atom. The minimum atomic E-state index is -0.0350.